The Bertz CT molecular complexity index is 1220. The molecule has 1 amide bonds. The Hall–Kier alpha value is -3.65. The molecule has 1 N–H and O–H groups in total. The van der Waals surface area contributed by atoms with Gasteiger partial charge in [-0.3, -0.25) is 9.78 Å². The number of pyridine rings is 1. The van der Waals surface area contributed by atoms with E-state index in [-0.39, 0.29) is 18.4 Å². The van der Waals surface area contributed by atoms with Crippen LogP contribution >= 0.6 is 0 Å². The van der Waals surface area contributed by atoms with Crippen molar-refractivity contribution in [3.63, 3.8) is 0 Å². The third kappa shape index (κ3) is 3.77. The van der Waals surface area contributed by atoms with Gasteiger partial charge in [-0.2, -0.15) is 0 Å². The molecule has 0 spiro atoms. The lowest BCUT2D eigenvalue weighted by Crippen LogP contribution is -2.41. The number of likely N-dealkylation sites (tertiary alicyclic amines) is 1. The van der Waals surface area contributed by atoms with Crippen molar-refractivity contribution in [1.82, 2.24) is 30.1 Å². The Morgan fingerprint density at radius 1 is 1.16 bits per heavy atom. The molecule has 1 fully saturated rings. The first kappa shape index (κ1) is 19.3. The Labute approximate surface area is 179 Å². The number of fused-ring (bicyclic) bond motifs is 1. The number of carbonyl (C=O) groups is 1. The molecule has 0 bridgehead atoms. The van der Waals surface area contributed by atoms with Crippen LogP contribution in [0.1, 0.15) is 23.2 Å². The maximum absolute atomic E-state index is 13.4. The van der Waals surface area contributed by atoms with Gasteiger partial charge in [0.2, 0.25) is 0 Å². The maximum atomic E-state index is 13.4. The van der Waals surface area contributed by atoms with E-state index in [2.05, 4.69) is 20.5 Å². The summed E-state index contributed by atoms with van der Waals surface area (Å²) in [4.78, 5) is 19.8. The van der Waals surface area contributed by atoms with Gasteiger partial charge in [0.25, 0.3) is 5.91 Å². The molecule has 0 aliphatic carbocycles. The number of benzene rings is 2. The predicted molar refractivity (Wildman–Crippen MR) is 116 cm³/mol. The van der Waals surface area contributed by atoms with Crippen molar-refractivity contribution in [3.05, 3.63) is 66.6 Å². The van der Waals surface area contributed by atoms with Crippen molar-refractivity contribution in [2.24, 2.45) is 5.92 Å². The second-order valence-corrected chi connectivity index (χ2v) is 7.85. The second-order valence-electron chi connectivity index (χ2n) is 7.85. The lowest BCUT2D eigenvalue weighted by molar-refractivity contribution is 0.0620. The Balaban J connectivity index is 1.62. The van der Waals surface area contributed by atoms with Crippen LogP contribution in [-0.4, -0.2) is 60.8 Å². The summed E-state index contributed by atoms with van der Waals surface area (Å²) >= 11 is 0. The monoisotopic (exact) mass is 414 g/mol. The first-order valence-electron chi connectivity index (χ1n) is 10.4. The molecule has 8 heteroatoms. The number of nitrogens with zero attached hydrogens (tertiary/aromatic N) is 6. The molecule has 31 heavy (non-hydrogen) atoms. The molecular weight excluding hydrogens is 392 g/mol. The van der Waals surface area contributed by atoms with E-state index in [1.54, 1.807) is 10.9 Å². The predicted octanol–water partition coefficient (Wildman–Crippen LogP) is 2.72. The summed E-state index contributed by atoms with van der Waals surface area (Å²) in [7, 11) is 0. The quantitative estimate of drug-likeness (QED) is 0.552. The largest absolute Gasteiger partial charge is 0.396 e. The molecule has 2 aromatic heterocycles. The molecule has 2 aromatic carbocycles. The topological polar surface area (TPSA) is 97.0 Å². The first-order chi connectivity index (χ1) is 15.2. The molecule has 1 unspecified atom stereocenters. The van der Waals surface area contributed by atoms with Crippen LogP contribution in [0.4, 0.5) is 0 Å². The molecule has 4 aromatic rings. The number of tetrazole rings is 1. The standard InChI is InChI=1S/C23H22N6O2/c30-14-16-4-3-9-28(13-16)23(31)19-10-18(11-20(12-19)29-15-25-26-27-29)21-7-1-5-17-6-2-8-24-22(17)21/h1-2,5-8,10-12,15-16,30H,3-4,9,13-14H2. The molecule has 1 atom stereocenters. The number of hydrogen-bond donors (Lipinski definition) is 1. The average molecular weight is 414 g/mol. The Morgan fingerprint density at radius 3 is 2.90 bits per heavy atom. The normalized spacial score (nSPS) is 16.5. The van der Waals surface area contributed by atoms with Crippen LogP contribution in [0.5, 0.6) is 0 Å². The molecule has 1 aliphatic rings. The highest BCUT2D eigenvalue weighted by atomic mass is 16.3. The zero-order valence-corrected chi connectivity index (χ0v) is 16.9. The summed E-state index contributed by atoms with van der Waals surface area (Å²) in [5.74, 6) is 0.0738. The number of aliphatic hydroxyl groups is 1. The van der Waals surface area contributed by atoms with Crippen LogP contribution in [0, 0.1) is 5.92 Å². The van der Waals surface area contributed by atoms with Crippen LogP contribution in [0.25, 0.3) is 27.7 Å². The number of rotatable bonds is 4. The van der Waals surface area contributed by atoms with Crippen LogP contribution in [0.2, 0.25) is 0 Å². The molecule has 8 nitrogen and oxygen atoms in total. The zero-order valence-electron chi connectivity index (χ0n) is 16.9. The highest BCUT2D eigenvalue weighted by Gasteiger charge is 2.25. The van der Waals surface area contributed by atoms with E-state index in [1.165, 1.54) is 6.33 Å². The lowest BCUT2D eigenvalue weighted by atomic mass is 9.96. The van der Waals surface area contributed by atoms with Crippen molar-refractivity contribution in [3.8, 4) is 16.8 Å². The van der Waals surface area contributed by atoms with E-state index < -0.39 is 0 Å². The van der Waals surface area contributed by atoms with Crippen molar-refractivity contribution in [2.75, 3.05) is 19.7 Å². The van der Waals surface area contributed by atoms with Crippen LogP contribution in [-0.2, 0) is 0 Å². The number of para-hydroxylation sites is 1. The van der Waals surface area contributed by atoms with E-state index in [0.29, 0.717) is 24.3 Å². The zero-order chi connectivity index (χ0) is 21.2. The summed E-state index contributed by atoms with van der Waals surface area (Å²) in [5.41, 5.74) is 3.95. The van der Waals surface area contributed by atoms with E-state index in [0.717, 1.165) is 34.9 Å². The third-order valence-electron chi connectivity index (χ3n) is 5.79. The number of aliphatic hydroxyl groups excluding tert-OH is 1. The molecule has 0 radical (unpaired) electrons. The van der Waals surface area contributed by atoms with Crippen LogP contribution in [0.15, 0.2) is 61.1 Å². The van der Waals surface area contributed by atoms with Gasteiger partial charge < -0.3 is 10.0 Å². The second kappa shape index (κ2) is 8.23. The molecule has 156 valence electrons. The molecule has 1 saturated heterocycles. The van der Waals surface area contributed by atoms with Gasteiger partial charge in [-0.15, -0.1) is 5.10 Å². The van der Waals surface area contributed by atoms with Gasteiger partial charge in [0.15, 0.2) is 0 Å². The minimum Gasteiger partial charge on any atom is -0.396 e. The number of piperidine rings is 1. The molecular formula is C23H22N6O2. The van der Waals surface area contributed by atoms with E-state index in [1.807, 2.05) is 53.4 Å². The number of hydrogen-bond acceptors (Lipinski definition) is 6. The molecule has 1 aliphatic heterocycles. The van der Waals surface area contributed by atoms with Gasteiger partial charge in [0, 0.05) is 42.4 Å². The van der Waals surface area contributed by atoms with Crippen molar-refractivity contribution in [1.29, 1.82) is 0 Å². The highest BCUT2D eigenvalue weighted by molar-refractivity contribution is 5.99. The summed E-state index contributed by atoms with van der Waals surface area (Å²) in [6.07, 6.45) is 5.12. The smallest absolute Gasteiger partial charge is 0.253 e. The van der Waals surface area contributed by atoms with E-state index in [9.17, 15) is 9.90 Å². The fourth-order valence-corrected chi connectivity index (χ4v) is 4.22. The van der Waals surface area contributed by atoms with E-state index >= 15 is 0 Å². The van der Waals surface area contributed by atoms with Gasteiger partial charge in [-0.1, -0.05) is 24.3 Å². The van der Waals surface area contributed by atoms with Crippen molar-refractivity contribution >= 4 is 16.8 Å². The van der Waals surface area contributed by atoms with Crippen LogP contribution < -0.4 is 0 Å². The van der Waals surface area contributed by atoms with Crippen LogP contribution in [0.3, 0.4) is 0 Å². The number of aromatic nitrogens is 5. The number of carbonyl (C=O) groups excluding carboxylic acids is 1. The van der Waals surface area contributed by atoms with Gasteiger partial charge in [0.05, 0.1) is 11.2 Å². The maximum Gasteiger partial charge on any atom is 0.253 e. The van der Waals surface area contributed by atoms with Gasteiger partial charge in [-0.05, 0) is 59.0 Å². The van der Waals surface area contributed by atoms with Gasteiger partial charge in [-0.25, -0.2) is 4.68 Å². The summed E-state index contributed by atoms with van der Waals surface area (Å²) in [5, 5.41) is 22.1. The van der Waals surface area contributed by atoms with Gasteiger partial charge in [0.1, 0.15) is 6.33 Å². The SMILES string of the molecule is O=C(c1cc(-c2cccc3cccnc23)cc(-n2cnnn2)c1)N1CCCC(CO)C1. The average Bonchev–Trinajstić information content (AvgIpc) is 3.38. The third-order valence-corrected chi connectivity index (χ3v) is 5.79. The van der Waals surface area contributed by atoms with Gasteiger partial charge >= 0.3 is 0 Å². The summed E-state index contributed by atoms with van der Waals surface area (Å²) in [6.45, 7) is 1.35. The molecule has 0 saturated carbocycles. The Kier molecular flexibility index (Phi) is 5.13. The van der Waals surface area contributed by atoms with E-state index in [4.69, 9.17) is 0 Å². The fourth-order valence-electron chi connectivity index (χ4n) is 4.22. The minimum absolute atomic E-state index is 0.0532. The fraction of sp³-hybridized carbons (Fsp3) is 0.261. The molecule has 5 rings (SSSR count). The Morgan fingerprint density at radius 2 is 2.06 bits per heavy atom. The summed E-state index contributed by atoms with van der Waals surface area (Å²) < 4.78 is 1.55. The summed E-state index contributed by atoms with van der Waals surface area (Å²) in [6, 6.07) is 15.6. The molecule has 3 heterocycles. The van der Waals surface area contributed by atoms with Crippen molar-refractivity contribution < 1.29 is 9.90 Å². The van der Waals surface area contributed by atoms with Crippen molar-refractivity contribution in [2.45, 2.75) is 12.8 Å². The highest BCUT2D eigenvalue weighted by Crippen LogP contribution is 2.30. The first-order valence-corrected chi connectivity index (χ1v) is 10.4. The lowest BCUT2D eigenvalue weighted by Gasteiger charge is -2.32. The number of amides is 1. The minimum atomic E-state index is -0.0532.